The normalized spacial score (nSPS) is 15.1. The van der Waals surface area contributed by atoms with Crippen molar-refractivity contribution in [3.63, 3.8) is 0 Å². The first-order valence-electron chi connectivity index (χ1n) is 6.41. The maximum Gasteiger partial charge on any atom is 4.00 e. The van der Waals surface area contributed by atoms with Crippen molar-refractivity contribution in [3.8, 4) is 0 Å². The average molecular weight is 405 g/mol. The number of hydrogen-bond acceptors (Lipinski definition) is 0. The van der Waals surface area contributed by atoms with E-state index in [9.17, 15) is 0 Å². The van der Waals surface area contributed by atoms with Gasteiger partial charge in [0.05, 0.1) is 0 Å². The van der Waals surface area contributed by atoms with Gasteiger partial charge in [-0.3, -0.25) is 12.2 Å². The summed E-state index contributed by atoms with van der Waals surface area (Å²) in [7, 11) is 0. The molecule has 0 aliphatic heterocycles. The summed E-state index contributed by atoms with van der Waals surface area (Å²) >= 11 is 0. The van der Waals surface area contributed by atoms with Gasteiger partial charge in [-0.05, 0) is 0 Å². The Hall–Kier alpha value is 0.163. The SMILES string of the molecule is C=C.CC1=[C-]CC(C)=C1C.CC1=[C-]CC(C)=C1C.[Cl-].[Cl-].[Zr+4]. The molecule has 0 aromatic rings. The Balaban J connectivity index is -0.000000109. The molecule has 0 amide bonds. The molecule has 0 unspecified atom stereocenters. The standard InChI is InChI=1S/2C8H11.C2H4.2ClH.Zr/c2*1-6-4-5-7(2)8(6)3;1-2;;;/h2*4H2,1-3H3;1-2H2;2*1H;/q2*-1;;;;+4/p-2. The molecule has 2 aliphatic carbocycles. The topological polar surface area (TPSA) is 0 Å². The fraction of sp³-hybridized carbons (Fsp3) is 0.444. The van der Waals surface area contributed by atoms with Crippen molar-refractivity contribution < 1.29 is 51.0 Å². The van der Waals surface area contributed by atoms with Gasteiger partial charge in [-0.15, -0.1) is 39.8 Å². The van der Waals surface area contributed by atoms with E-state index < -0.39 is 0 Å². The average Bonchev–Trinajstić information content (AvgIpc) is 2.83. The third-order valence-electron chi connectivity index (χ3n) is 3.64. The predicted molar refractivity (Wildman–Crippen MR) is 82.1 cm³/mol. The molecule has 0 aromatic heterocycles. The Kier molecular flexibility index (Phi) is 21.0. The van der Waals surface area contributed by atoms with Crippen LogP contribution >= 0.6 is 0 Å². The summed E-state index contributed by atoms with van der Waals surface area (Å²) in [6.07, 6.45) is 8.63. The molecule has 0 fully saturated rings. The van der Waals surface area contributed by atoms with E-state index in [-0.39, 0.29) is 51.0 Å². The van der Waals surface area contributed by atoms with Gasteiger partial charge in [0.25, 0.3) is 0 Å². The monoisotopic (exact) mass is 402 g/mol. The van der Waals surface area contributed by atoms with E-state index in [0.717, 1.165) is 12.8 Å². The zero-order valence-electron chi connectivity index (χ0n) is 14.1. The van der Waals surface area contributed by atoms with Crippen molar-refractivity contribution in [2.75, 3.05) is 0 Å². The molecule has 21 heavy (non-hydrogen) atoms. The first-order chi connectivity index (χ1) is 8.43. The summed E-state index contributed by atoms with van der Waals surface area (Å²) in [4.78, 5) is 0. The number of halogens is 2. The van der Waals surface area contributed by atoms with E-state index in [1.165, 1.54) is 33.4 Å². The zero-order valence-corrected chi connectivity index (χ0v) is 18.1. The summed E-state index contributed by atoms with van der Waals surface area (Å²) in [5.74, 6) is 0. The van der Waals surface area contributed by atoms with Crippen LogP contribution in [0.1, 0.15) is 54.4 Å². The Morgan fingerprint density at radius 1 is 0.667 bits per heavy atom. The number of allylic oxidation sites excluding steroid dienone is 8. The molecule has 3 heteroatoms. The van der Waals surface area contributed by atoms with E-state index >= 15 is 0 Å². The Bertz CT molecular complexity index is 375. The quantitative estimate of drug-likeness (QED) is 0.386. The van der Waals surface area contributed by atoms with Crippen molar-refractivity contribution in [1.29, 1.82) is 0 Å². The van der Waals surface area contributed by atoms with Crippen LogP contribution in [0.3, 0.4) is 0 Å². The van der Waals surface area contributed by atoms with Gasteiger partial charge in [0.15, 0.2) is 0 Å². The predicted octanol–water partition coefficient (Wildman–Crippen LogP) is -0.240. The second kappa shape index (κ2) is 15.1. The molecule has 0 saturated heterocycles. The first kappa shape index (κ1) is 29.2. The molecule has 0 nitrogen and oxygen atoms in total. The second-order valence-corrected chi connectivity index (χ2v) is 4.77. The minimum Gasteiger partial charge on any atom is -1.00 e. The van der Waals surface area contributed by atoms with Crippen molar-refractivity contribution in [2.45, 2.75) is 54.4 Å². The molecular weight excluding hydrogens is 378 g/mol. The molecule has 0 N–H and O–H groups in total. The second-order valence-electron chi connectivity index (χ2n) is 4.77. The molecule has 2 aliphatic rings. The van der Waals surface area contributed by atoms with Crippen LogP contribution in [0.2, 0.25) is 0 Å². The van der Waals surface area contributed by atoms with Crippen LogP contribution in [0.25, 0.3) is 0 Å². The van der Waals surface area contributed by atoms with Crippen LogP contribution in [-0.2, 0) is 26.2 Å². The van der Waals surface area contributed by atoms with Crippen molar-refractivity contribution >= 4 is 0 Å². The fourth-order valence-electron chi connectivity index (χ4n) is 1.70. The number of rotatable bonds is 0. The van der Waals surface area contributed by atoms with Crippen LogP contribution in [0.4, 0.5) is 0 Å². The van der Waals surface area contributed by atoms with E-state index in [0.29, 0.717) is 0 Å². The minimum absolute atomic E-state index is 0. The maximum atomic E-state index is 3.26. The summed E-state index contributed by atoms with van der Waals surface area (Å²) in [6.45, 7) is 18.9. The smallest absolute Gasteiger partial charge is 1.00 e. The van der Waals surface area contributed by atoms with E-state index in [2.05, 4.69) is 66.9 Å². The molecule has 0 saturated carbocycles. The Morgan fingerprint density at radius 2 is 0.905 bits per heavy atom. The van der Waals surface area contributed by atoms with Gasteiger partial charge in [0.2, 0.25) is 0 Å². The molecule has 0 heterocycles. The Labute approximate surface area is 163 Å². The van der Waals surface area contributed by atoms with Crippen LogP contribution in [0.15, 0.2) is 46.6 Å². The van der Waals surface area contributed by atoms with Crippen LogP contribution in [0, 0.1) is 12.2 Å². The van der Waals surface area contributed by atoms with Gasteiger partial charge in [-0.25, -0.2) is 11.1 Å². The molecule has 0 aromatic carbocycles. The van der Waals surface area contributed by atoms with Crippen LogP contribution in [0.5, 0.6) is 0 Å². The van der Waals surface area contributed by atoms with Gasteiger partial charge < -0.3 is 24.8 Å². The summed E-state index contributed by atoms with van der Waals surface area (Å²) in [5, 5.41) is 0. The third-order valence-corrected chi connectivity index (χ3v) is 3.64. The van der Waals surface area contributed by atoms with Gasteiger partial charge in [0, 0.05) is 0 Å². The molecule has 0 spiro atoms. The fourth-order valence-corrected chi connectivity index (χ4v) is 1.70. The summed E-state index contributed by atoms with van der Waals surface area (Å²) in [5.41, 5.74) is 8.49. The molecule has 0 radical (unpaired) electrons. The molecule has 0 atom stereocenters. The largest absolute Gasteiger partial charge is 4.00 e. The van der Waals surface area contributed by atoms with Gasteiger partial charge in [-0.2, -0.15) is 22.3 Å². The van der Waals surface area contributed by atoms with Crippen LogP contribution < -0.4 is 24.8 Å². The van der Waals surface area contributed by atoms with Crippen molar-refractivity contribution in [1.82, 2.24) is 0 Å². The molecular formula is C18H26Cl2Zr. The maximum absolute atomic E-state index is 3.26. The van der Waals surface area contributed by atoms with Gasteiger partial charge in [0.1, 0.15) is 0 Å². The summed E-state index contributed by atoms with van der Waals surface area (Å²) in [6, 6.07) is 0. The Morgan fingerprint density at radius 3 is 0.952 bits per heavy atom. The van der Waals surface area contributed by atoms with E-state index in [4.69, 9.17) is 0 Å². The zero-order chi connectivity index (χ0) is 14.3. The number of hydrogen-bond donors (Lipinski definition) is 0. The van der Waals surface area contributed by atoms with Gasteiger partial charge in [-0.1, -0.05) is 27.7 Å². The molecule has 0 bridgehead atoms. The van der Waals surface area contributed by atoms with E-state index in [1.807, 2.05) is 0 Å². The van der Waals surface area contributed by atoms with Crippen molar-refractivity contribution in [3.05, 3.63) is 58.7 Å². The summed E-state index contributed by atoms with van der Waals surface area (Å²) < 4.78 is 0. The van der Waals surface area contributed by atoms with Crippen molar-refractivity contribution in [2.24, 2.45) is 0 Å². The van der Waals surface area contributed by atoms with Gasteiger partial charge >= 0.3 is 26.2 Å². The molecule has 116 valence electrons. The first-order valence-corrected chi connectivity index (χ1v) is 6.41. The van der Waals surface area contributed by atoms with Crippen LogP contribution in [-0.4, -0.2) is 0 Å². The van der Waals surface area contributed by atoms with E-state index in [1.54, 1.807) is 0 Å². The third kappa shape index (κ3) is 9.72. The molecule has 2 rings (SSSR count). The minimum atomic E-state index is 0.